The van der Waals surface area contributed by atoms with E-state index in [2.05, 4.69) is 25.9 Å². The van der Waals surface area contributed by atoms with Crippen LogP contribution in [-0.2, 0) is 17.8 Å². The number of nitrogens with zero attached hydrogens (tertiary/aromatic N) is 2. The average molecular weight is 280 g/mol. The van der Waals surface area contributed by atoms with Crippen LogP contribution in [-0.4, -0.2) is 16.6 Å². The topological polar surface area (TPSA) is 35.0 Å². The molecule has 0 saturated carbocycles. The van der Waals surface area contributed by atoms with Gasteiger partial charge in [0.05, 0.1) is 10.2 Å². The monoisotopic (exact) mass is 278 g/mol. The summed E-state index contributed by atoms with van der Waals surface area (Å²) in [6.45, 7) is 5.02. The fourth-order valence-electron chi connectivity index (χ4n) is 1.00. The minimum atomic E-state index is 0.413. The van der Waals surface area contributed by atoms with E-state index in [0.717, 1.165) is 16.6 Å². The molecule has 14 heavy (non-hydrogen) atoms. The van der Waals surface area contributed by atoms with Gasteiger partial charge in [0.2, 0.25) is 0 Å². The van der Waals surface area contributed by atoms with E-state index in [-0.39, 0.29) is 0 Å². The number of aromatic nitrogens is 2. The predicted octanol–water partition coefficient (Wildman–Crippen LogP) is 2.99. The van der Waals surface area contributed by atoms with Crippen LogP contribution in [0.2, 0.25) is 5.15 Å². The van der Waals surface area contributed by atoms with Gasteiger partial charge < -0.3 is 4.74 Å². The zero-order valence-corrected chi connectivity index (χ0v) is 10.5. The van der Waals surface area contributed by atoms with Gasteiger partial charge in [0, 0.05) is 6.61 Å². The fraction of sp³-hybridized carbons (Fsp3) is 0.556. The lowest BCUT2D eigenvalue weighted by molar-refractivity contribution is 0.128. The highest BCUT2D eigenvalue weighted by atomic mass is 79.9. The highest BCUT2D eigenvalue weighted by Crippen LogP contribution is 2.23. The van der Waals surface area contributed by atoms with Crippen LogP contribution in [0.3, 0.4) is 0 Å². The maximum absolute atomic E-state index is 5.92. The maximum Gasteiger partial charge on any atom is 0.156 e. The Hall–Kier alpha value is -0.190. The van der Waals surface area contributed by atoms with Crippen molar-refractivity contribution >= 4 is 27.5 Å². The molecule has 0 N–H and O–H groups in total. The molecule has 1 heterocycles. The lowest BCUT2D eigenvalue weighted by atomic mass is 10.3. The summed E-state index contributed by atoms with van der Waals surface area (Å²) in [5.74, 6) is 0.636. The van der Waals surface area contributed by atoms with Crippen LogP contribution < -0.4 is 0 Å². The number of aryl methyl sites for hydroxylation is 1. The van der Waals surface area contributed by atoms with Crippen LogP contribution in [0.5, 0.6) is 0 Å². The van der Waals surface area contributed by atoms with E-state index < -0.39 is 0 Å². The molecule has 3 nitrogen and oxygen atoms in total. The molecule has 0 radical (unpaired) electrons. The van der Waals surface area contributed by atoms with Crippen LogP contribution in [0, 0.1) is 0 Å². The molecule has 0 saturated heterocycles. The Balaban J connectivity index is 2.91. The highest BCUT2D eigenvalue weighted by Gasteiger charge is 2.08. The summed E-state index contributed by atoms with van der Waals surface area (Å²) in [5.41, 5.74) is 0.916. The third-order valence-electron chi connectivity index (χ3n) is 1.70. The lowest BCUT2D eigenvalue weighted by Gasteiger charge is -2.06. The SMILES string of the molecule is CCOCc1nc(Cl)c(Br)c(CC)n1. The Kier molecular flexibility index (Phi) is 4.78. The normalized spacial score (nSPS) is 10.6. The van der Waals surface area contributed by atoms with E-state index in [1.807, 2.05) is 13.8 Å². The van der Waals surface area contributed by atoms with Crippen molar-refractivity contribution in [3.05, 3.63) is 21.1 Å². The zero-order chi connectivity index (χ0) is 10.6. The van der Waals surface area contributed by atoms with Crippen LogP contribution in [0.25, 0.3) is 0 Å². The van der Waals surface area contributed by atoms with E-state index >= 15 is 0 Å². The average Bonchev–Trinajstić information content (AvgIpc) is 2.19. The molecule has 1 rings (SSSR count). The second-order valence-electron chi connectivity index (χ2n) is 2.68. The molecule has 0 fully saturated rings. The first-order valence-electron chi connectivity index (χ1n) is 4.47. The van der Waals surface area contributed by atoms with Crippen molar-refractivity contribution in [3.8, 4) is 0 Å². The first kappa shape index (κ1) is 11.9. The van der Waals surface area contributed by atoms with Crippen molar-refractivity contribution in [1.29, 1.82) is 0 Å². The van der Waals surface area contributed by atoms with E-state index in [1.165, 1.54) is 0 Å². The van der Waals surface area contributed by atoms with Crippen LogP contribution in [0.15, 0.2) is 4.47 Å². The molecule has 0 aliphatic carbocycles. The molecule has 78 valence electrons. The van der Waals surface area contributed by atoms with Crippen molar-refractivity contribution < 1.29 is 4.74 Å². The summed E-state index contributed by atoms with van der Waals surface area (Å²) in [5, 5.41) is 0.451. The molecule has 0 unspecified atom stereocenters. The van der Waals surface area contributed by atoms with Gasteiger partial charge in [-0.15, -0.1) is 0 Å². The first-order chi connectivity index (χ1) is 6.69. The number of hydrogen-bond donors (Lipinski definition) is 0. The molecule has 5 heteroatoms. The molecule has 1 aromatic heterocycles. The van der Waals surface area contributed by atoms with Gasteiger partial charge in [0.15, 0.2) is 5.82 Å². The van der Waals surface area contributed by atoms with Crippen molar-refractivity contribution in [1.82, 2.24) is 9.97 Å². The fourth-order valence-corrected chi connectivity index (χ4v) is 1.67. The number of hydrogen-bond acceptors (Lipinski definition) is 3. The molecule has 0 aliphatic heterocycles. The van der Waals surface area contributed by atoms with Gasteiger partial charge in [0.1, 0.15) is 11.8 Å². The summed E-state index contributed by atoms with van der Waals surface area (Å²) in [7, 11) is 0. The van der Waals surface area contributed by atoms with E-state index in [9.17, 15) is 0 Å². The molecule has 0 spiro atoms. The molecule has 0 aliphatic rings. The van der Waals surface area contributed by atoms with Gasteiger partial charge in [-0.1, -0.05) is 18.5 Å². The van der Waals surface area contributed by atoms with Gasteiger partial charge in [0.25, 0.3) is 0 Å². The van der Waals surface area contributed by atoms with Crippen molar-refractivity contribution in [3.63, 3.8) is 0 Å². The quantitative estimate of drug-likeness (QED) is 0.795. The molecule has 0 aromatic carbocycles. The van der Waals surface area contributed by atoms with Gasteiger partial charge in [-0.3, -0.25) is 0 Å². The van der Waals surface area contributed by atoms with Gasteiger partial charge in [-0.2, -0.15) is 0 Å². The molecule has 0 bridgehead atoms. The largest absolute Gasteiger partial charge is 0.374 e. The van der Waals surface area contributed by atoms with Crippen molar-refractivity contribution in [2.45, 2.75) is 26.9 Å². The second-order valence-corrected chi connectivity index (χ2v) is 3.83. The van der Waals surface area contributed by atoms with Gasteiger partial charge in [-0.05, 0) is 29.3 Å². The van der Waals surface area contributed by atoms with Gasteiger partial charge in [-0.25, -0.2) is 9.97 Å². The van der Waals surface area contributed by atoms with E-state index in [0.29, 0.717) is 24.2 Å². The minimum absolute atomic E-state index is 0.413. The Morgan fingerprint density at radius 1 is 1.36 bits per heavy atom. The summed E-state index contributed by atoms with van der Waals surface area (Å²) in [4.78, 5) is 8.42. The Morgan fingerprint density at radius 2 is 2.07 bits per heavy atom. The third-order valence-corrected chi connectivity index (χ3v) is 3.03. The molecular weight excluding hydrogens is 267 g/mol. The van der Waals surface area contributed by atoms with Crippen molar-refractivity contribution in [2.24, 2.45) is 0 Å². The number of ether oxygens (including phenoxy) is 1. The predicted molar refractivity (Wildman–Crippen MR) is 59.5 cm³/mol. The standard InChI is InChI=1S/C9H12BrClN2O/c1-3-6-8(10)9(11)13-7(12-6)5-14-4-2/h3-5H2,1-2H3. The molecule has 0 amide bonds. The Morgan fingerprint density at radius 3 is 2.64 bits per heavy atom. The van der Waals surface area contributed by atoms with E-state index in [4.69, 9.17) is 16.3 Å². The molecular formula is C9H12BrClN2O. The van der Waals surface area contributed by atoms with Gasteiger partial charge >= 0.3 is 0 Å². The zero-order valence-electron chi connectivity index (χ0n) is 8.18. The van der Waals surface area contributed by atoms with E-state index in [1.54, 1.807) is 0 Å². The van der Waals surface area contributed by atoms with Crippen LogP contribution in [0.4, 0.5) is 0 Å². The summed E-state index contributed by atoms with van der Waals surface area (Å²) in [6, 6.07) is 0. The number of halogens is 2. The minimum Gasteiger partial charge on any atom is -0.374 e. The summed E-state index contributed by atoms with van der Waals surface area (Å²) < 4.78 is 5.99. The first-order valence-corrected chi connectivity index (χ1v) is 5.64. The van der Waals surface area contributed by atoms with Crippen LogP contribution >= 0.6 is 27.5 Å². The Bertz CT molecular complexity index is 320. The lowest BCUT2D eigenvalue weighted by Crippen LogP contribution is -2.03. The molecule has 1 aromatic rings. The van der Waals surface area contributed by atoms with Crippen molar-refractivity contribution in [2.75, 3.05) is 6.61 Å². The number of rotatable bonds is 4. The second kappa shape index (κ2) is 5.63. The highest BCUT2D eigenvalue weighted by molar-refractivity contribution is 9.10. The molecule has 0 atom stereocenters. The third kappa shape index (κ3) is 2.90. The Labute approximate surface area is 97.0 Å². The smallest absolute Gasteiger partial charge is 0.156 e. The summed E-state index contributed by atoms with van der Waals surface area (Å²) in [6.07, 6.45) is 0.821. The maximum atomic E-state index is 5.92. The summed E-state index contributed by atoms with van der Waals surface area (Å²) >= 11 is 9.27. The van der Waals surface area contributed by atoms with Crippen LogP contribution in [0.1, 0.15) is 25.4 Å².